The number of hydrogen-bond donors (Lipinski definition) is 2. The van der Waals surface area contributed by atoms with Gasteiger partial charge in [0.15, 0.2) is 0 Å². The van der Waals surface area contributed by atoms with Crippen molar-refractivity contribution in [3.63, 3.8) is 0 Å². The van der Waals surface area contributed by atoms with Gasteiger partial charge >= 0.3 is 0 Å². The molecule has 0 atom stereocenters. The molecular formula is C16H24N4S. The van der Waals surface area contributed by atoms with Gasteiger partial charge in [-0.2, -0.15) is 0 Å². The number of rotatable bonds is 6. The lowest BCUT2D eigenvalue weighted by Crippen LogP contribution is -2.27. The van der Waals surface area contributed by atoms with Gasteiger partial charge in [0, 0.05) is 35.9 Å². The van der Waals surface area contributed by atoms with Crippen molar-refractivity contribution in [2.24, 2.45) is 0 Å². The molecule has 4 nitrogen and oxygen atoms in total. The highest BCUT2D eigenvalue weighted by atomic mass is 32.1. The van der Waals surface area contributed by atoms with Crippen LogP contribution in [0.4, 0.5) is 11.6 Å². The van der Waals surface area contributed by atoms with Crippen molar-refractivity contribution < 1.29 is 0 Å². The van der Waals surface area contributed by atoms with Gasteiger partial charge in [-0.3, -0.25) is 0 Å². The van der Waals surface area contributed by atoms with E-state index in [9.17, 15) is 0 Å². The van der Waals surface area contributed by atoms with E-state index in [1.54, 1.807) is 11.3 Å². The standard InChI is InChI=1S/C16H24N4S/c1-6-13-19-14(17-5)11(2)15(20-13)18-10-16(3,4)12-8-7-9-21-12/h7-9H,6,10H2,1-5H3,(H2,17,18,19,20). The van der Waals surface area contributed by atoms with E-state index in [1.165, 1.54) is 4.88 Å². The van der Waals surface area contributed by atoms with Gasteiger partial charge in [0.1, 0.15) is 17.5 Å². The third kappa shape index (κ3) is 3.53. The first-order chi connectivity index (χ1) is 9.97. The number of aryl methyl sites for hydroxylation is 1. The van der Waals surface area contributed by atoms with E-state index >= 15 is 0 Å². The SMILES string of the molecule is CCc1nc(NC)c(C)c(NCC(C)(C)c2cccs2)n1. The second-order valence-electron chi connectivity index (χ2n) is 5.78. The van der Waals surface area contributed by atoms with Crippen LogP contribution in [0.15, 0.2) is 17.5 Å². The van der Waals surface area contributed by atoms with Gasteiger partial charge in [-0.05, 0) is 18.4 Å². The number of thiophene rings is 1. The summed E-state index contributed by atoms with van der Waals surface area (Å²) in [6.45, 7) is 9.47. The molecule has 0 fully saturated rings. The van der Waals surface area contributed by atoms with Crippen molar-refractivity contribution in [3.05, 3.63) is 33.8 Å². The van der Waals surface area contributed by atoms with E-state index in [0.29, 0.717) is 0 Å². The van der Waals surface area contributed by atoms with Crippen LogP contribution in [-0.2, 0) is 11.8 Å². The summed E-state index contributed by atoms with van der Waals surface area (Å²) in [7, 11) is 1.90. The normalized spacial score (nSPS) is 11.5. The molecule has 2 aromatic heterocycles. The summed E-state index contributed by atoms with van der Waals surface area (Å²) >= 11 is 1.80. The number of anilines is 2. The van der Waals surface area contributed by atoms with Gasteiger partial charge in [-0.1, -0.05) is 26.8 Å². The lowest BCUT2D eigenvalue weighted by Gasteiger charge is -2.25. The van der Waals surface area contributed by atoms with E-state index in [1.807, 2.05) is 14.0 Å². The molecule has 2 heterocycles. The Morgan fingerprint density at radius 1 is 1.24 bits per heavy atom. The first kappa shape index (κ1) is 15.8. The van der Waals surface area contributed by atoms with Crippen LogP contribution >= 0.6 is 11.3 Å². The third-order valence-electron chi connectivity index (χ3n) is 3.63. The highest BCUT2D eigenvalue weighted by Gasteiger charge is 2.22. The van der Waals surface area contributed by atoms with Gasteiger partial charge in [0.05, 0.1) is 0 Å². The summed E-state index contributed by atoms with van der Waals surface area (Å²) < 4.78 is 0. The molecule has 2 rings (SSSR count). The van der Waals surface area contributed by atoms with Crippen molar-refractivity contribution in [2.75, 3.05) is 24.2 Å². The minimum absolute atomic E-state index is 0.0811. The minimum Gasteiger partial charge on any atom is -0.373 e. The fraction of sp³-hybridized carbons (Fsp3) is 0.500. The van der Waals surface area contributed by atoms with Crippen molar-refractivity contribution in [1.29, 1.82) is 0 Å². The molecular weight excluding hydrogens is 280 g/mol. The smallest absolute Gasteiger partial charge is 0.134 e. The van der Waals surface area contributed by atoms with Crippen LogP contribution in [0.3, 0.4) is 0 Å². The van der Waals surface area contributed by atoms with Crippen LogP contribution in [0, 0.1) is 6.92 Å². The fourth-order valence-electron chi connectivity index (χ4n) is 2.19. The molecule has 0 spiro atoms. The van der Waals surface area contributed by atoms with E-state index in [0.717, 1.165) is 36.0 Å². The Hall–Kier alpha value is -1.62. The Labute approximate surface area is 131 Å². The zero-order valence-electron chi connectivity index (χ0n) is 13.4. The third-order valence-corrected chi connectivity index (χ3v) is 4.87. The summed E-state index contributed by atoms with van der Waals surface area (Å²) in [5.74, 6) is 2.69. The maximum absolute atomic E-state index is 4.62. The summed E-state index contributed by atoms with van der Waals surface area (Å²) in [6.07, 6.45) is 0.831. The number of aromatic nitrogens is 2. The monoisotopic (exact) mass is 304 g/mol. The molecule has 0 unspecified atom stereocenters. The molecule has 2 N–H and O–H groups in total. The summed E-state index contributed by atoms with van der Waals surface area (Å²) in [5, 5.41) is 8.78. The zero-order chi connectivity index (χ0) is 15.5. The zero-order valence-corrected chi connectivity index (χ0v) is 14.3. The van der Waals surface area contributed by atoms with Crippen LogP contribution in [0.1, 0.15) is 37.0 Å². The van der Waals surface area contributed by atoms with Gasteiger partial charge in [-0.25, -0.2) is 9.97 Å². The van der Waals surface area contributed by atoms with Crippen molar-refractivity contribution in [2.45, 2.75) is 39.5 Å². The Kier molecular flexibility index (Phi) is 4.83. The van der Waals surface area contributed by atoms with Gasteiger partial charge in [-0.15, -0.1) is 11.3 Å². The largest absolute Gasteiger partial charge is 0.373 e. The highest BCUT2D eigenvalue weighted by Crippen LogP contribution is 2.28. The molecule has 0 amide bonds. The Balaban J connectivity index is 2.20. The average molecular weight is 304 g/mol. The van der Waals surface area contributed by atoms with E-state index in [-0.39, 0.29) is 5.41 Å². The van der Waals surface area contributed by atoms with Crippen LogP contribution in [0.25, 0.3) is 0 Å². The Morgan fingerprint density at radius 3 is 2.52 bits per heavy atom. The minimum atomic E-state index is 0.0811. The molecule has 0 aliphatic heterocycles. The second-order valence-corrected chi connectivity index (χ2v) is 6.73. The van der Waals surface area contributed by atoms with Gasteiger partial charge < -0.3 is 10.6 Å². The maximum atomic E-state index is 4.62. The van der Waals surface area contributed by atoms with Gasteiger partial charge in [0.25, 0.3) is 0 Å². The molecule has 2 aromatic rings. The first-order valence-electron chi connectivity index (χ1n) is 7.31. The molecule has 0 saturated carbocycles. The molecule has 114 valence electrons. The molecule has 0 aliphatic rings. The summed E-state index contributed by atoms with van der Waals surface area (Å²) in [4.78, 5) is 10.5. The maximum Gasteiger partial charge on any atom is 0.134 e. The van der Waals surface area contributed by atoms with E-state index in [2.05, 4.69) is 58.9 Å². The number of hydrogen-bond acceptors (Lipinski definition) is 5. The molecule has 21 heavy (non-hydrogen) atoms. The highest BCUT2D eigenvalue weighted by molar-refractivity contribution is 7.10. The average Bonchev–Trinajstić information content (AvgIpc) is 3.01. The van der Waals surface area contributed by atoms with Crippen molar-refractivity contribution >= 4 is 23.0 Å². The van der Waals surface area contributed by atoms with E-state index < -0.39 is 0 Å². The molecule has 0 saturated heterocycles. The van der Waals surface area contributed by atoms with Crippen molar-refractivity contribution in [3.8, 4) is 0 Å². The summed E-state index contributed by atoms with van der Waals surface area (Å²) in [6, 6.07) is 4.29. The molecule has 0 aromatic carbocycles. The fourth-order valence-corrected chi connectivity index (χ4v) is 3.04. The lowest BCUT2D eigenvalue weighted by molar-refractivity contribution is 0.568. The van der Waals surface area contributed by atoms with Crippen LogP contribution < -0.4 is 10.6 Å². The van der Waals surface area contributed by atoms with Crippen LogP contribution in [-0.4, -0.2) is 23.6 Å². The van der Waals surface area contributed by atoms with Crippen molar-refractivity contribution in [1.82, 2.24) is 9.97 Å². The molecule has 5 heteroatoms. The van der Waals surface area contributed by atoms with E-state index in [4.69, 9.17) is 0 Å². The molecule has 0 aliphatic carbocycles. The Morgan fingerprint density at radius 2 is 1.95 bits per heavy atom. The Bertz CT molecular complexity index is 591. The number of nitrogens with zero attached hydrogens (tertiary/aromatic N) is 2. The predicted molar refractivity (Wildman–Crippen MR) is 91.5 cm³/mol. The molecule has 0 radical (unpaired) electrons. The topological polar surface area (TPSA) is 49.8 Å². The quantitative estimate of drug-likeness (QED) is 0.851. The molecule has 0 bridgehead atoms. The lowest BCUT2D eigenvalue weighted by atomic mass is 9.91. The predicted octanol–water partition coefficient (Wildman–Crippen LogP) is 3.84. The second kappa shape index (κ2) is 6.43. The first-order valence-corrected chi connectivity index (χ1v) is 8.19. The van der Waals surface area contributed by atoms with Gasteiger partial charge in [0.2, 0.25) is 0 Å². The van der Waals surface area contributed by atoms with Crippen LogP contribution in [0.2, 0.25) is 0 Å². The number of nitrogens with one attached hydrogen (secondary N) is 2. The summed E-state index contributed by atoms with van der Waals surface area (Å²) in [5.41, 5.74) is 1.15. The van der Waals surface area contributed by atoms with Crippen LogP contribution in [0.5, 0.6) is 0 Å².